The number of carbonyl (C=O) groups is 2. The van der Waals surface area contributed by atoms with Crippen LogP contribution in [-0.4, -0.2) is 49.4 Å². The van der Waals surface area contributed by atoms with E-state index in [1.165, 1.54) is 0 Å². The highest BCUT2D eigenvalue weighted by atomic mass is 16.5. The third kappa shape index (κ3) is 3.78. The summed E-state index contributed by atoms with van der Waals surface area (Å²) in [6, 6.07) is 15.1. The fraction of sp³-hybridized carbons (Fsp3) is 0.200. The van der Waals surface area contributed by atoms with Crippen LogP contribution in [0.2, 0.25) is 0 Å². The Balaban J connectivity index is 2.09. The second kappa shape index (κ2) is 8.36. The quantitative estimate of drug-likeness (QED) is 0.417. The Morgan fingerprint density at radius 1 is 1.00 bits per heavy atom. The van der Waals surface area contributed by atoms with Gasteiger partial charge >= 0.3 is 0 Å². The minimum atomic E-state index is -0.510. The van der Waals surface area contributed by atoms with E-state index in [0.717, 1.165) is 45.3 Å². The van der Waals surface area contributed by atoms with Gasteiger partial charge in [-0.2, -0.15) is 0 Å². The van der Waals surface area contributed by atoms with Crippen LogP contribution in [0.1, 0.15) is 26.3 Å². The largest absolute Gasteiger partial charge is 0.497 e. The average molecular weight is 431 g/mol. The number of aromatic amines is 1. The average Bonchev–Trinajstić information content (AvgIpc) is 3.13. The first kappa shape index (κ1) is 21.4. The third-order valence-corrected chi connectivity index (χ3v) is 5.72. The number of nitrogens with one attached hydrogen (secondary N) is 1. The number of hydrogen-bond acceptors (Lipinski definition) is 4. The van der Waals surface area contributed by atoms with Gasteiger partial charge in [0.05, 0.1) is 18.2 Å². The number of nitrogens with two attached hydrogens (primary N) is 2. The molecule has 0 bridgehead atoms. The first-order valence-corrected chi connectivity index (χ1v) is 10.3. The van der Waals surface area contributed by atoms with Crippen molar-refractivity contribution in [2.24, 2.45) is 11.5 Å². The lowest BCUT2D eigenvalue weighted by Gasteiger charge is -2.18. The summed E-state index contributed by atoms with van der Waals surface area (Å²) in [7, 11) is 5.60. The minimum absolute atomic E-state index is 0.394. The van der Waals surface area contributed by atoms with Crippen molar-refractivity contribution >= 4 is 33.6 Å². The van der Waals surface area contributed by atoms with E-state index in [9.17, 15) is 9.59 Å². The first-order chi connectivity index (χ1) is 15.3. The van der Waals surface area contributed by atoms with E-state index in [-0.39, 0.29) is 0 Å². The second-order valence-electron chi connectivity index (χ2n) is 8.10. The van der Waals surface area contributed by atoms with E-state index in [1.54, 1.807) is 19.2 Å². The summed E-state index contributed by atoms with van der Waals surface area (Å²) in [4.78, 5) is 29.8. The number of amides is 2. The Morgan fingerprint density at radius 3 is 2.44 bits per heavy atom. The number of primary amides is 2. The molecule has 0 radical (unpaired) electrons. The van der Waals surface area contributed by atoms with Crippen LogP contribution in [-0.2, 0) is 6.42 Å². The van der Waals surface area contributed by atoms with Crippen LogP contribution in [0, 0.1) is 0 Å². The van der Waals surface area contributed by atoms with Crippen LogP contribution in [0.25, 0.3) is 32.9 Å². The van der Waals surface area contributed by atoms with E-state index in [1.807, 2.05) is 44.4 Å². The van der Waals surface area contributed by atoms with Crippen molar-refractivity contribution in [2.75, 3.05) is 27.7 Å². The molecule has 3 aromatic carbocycles. The molecule has 5 N–H and O–H groups in total. The molecule has 7 heteroatoms. The molecule has 0 saturated carbocycles. The number of aromatic nitrogens is 1. The van der Waals surface area contributed by atoms with Gasteiger partial charge in [0, 0.05) is 28.4 Å². The smallest absolute Gasteiger partial charge is 0.251 e. The van der Waals surface area contributed by atoms with Gasteiger partial charge in [-0.3, -0.25) is 9.59 Å². The standard InChI is InChI=1S/C25H26N4O3/c1-29(2)10-9-18-19(14-5-4-6-16(11-14)32-3)13-20-17-8-7-15(24(26)30)12-21(17)28-23(20)22(18)25(27)31/h4-8,11-13,28H,9-10H2,1-3H3,(H2,26,30)(H2,27,31). The molecule has 0 saturated heterocycles. The zero-order valence-corrected chi connectivity index (χ0v) is 18.4. The van der Waals surface area contributed by atoms with Gasteiger partial charge in [0.2, 0.25) is 5.91 Å². The van der Waals surface area contributed by atoms with Crippen molar-refractivity contribution in [3.63, 3.8) is 0 Å². The molecule has 32 heavy (non-hydrogen) atoms. The lowest BCUT2D eigenvalue weighted by atomic mass is 9.90. The topological polar surface area (TPSA) is 114 Å². The third-order valence-electron chi connectivity index (χ3n) is 5.72. The number of hydrogen-bond donors (Lipinski definition) is 3. The molecule has 0 spiro atoms. The number of nitrogens with zero attached hydrogens (tertiary/aromatic N) is 1. The lowest BCUT2D eigenvalue weighted by Crippen LogP contribution is -2.20. The van der Waals surface area contributed by atoms with Gasteiger partial charge in [-0.15, -0.1) is 0 Å². The first-order valence-electron chi connectivity index (χ1n) is 10.3. The summed E-state index contributed by atoms with van der Waals surface area (Å²) in [5.74, 6) is -0.286. The van der Waals surface area contributed by atoms with Crippen molar-refractivity contribution in [2.45, 2.75) is 6.42 Å². The van der Waals surface area contributed by atoms with Crippen LogP contribution in [0.4, 0.5) is 0 Å². The van der Waals surface area contributed by atoms with Crippen LogP contribution in [0.15, 0.2) is 48.5 Å². The van der Waals surface area contributed by atoms with E-state index in [4.69, 9.17) is 16.2 Å². The van der Waals surface area contributed by atoms with E-state index >= 15 is 0 Å². The fourth-order valence-electron chi connectivity index (χ4n) is 4.15. The molecule has 0 aliphatic heterocycles. The summed E-state index contributed by atoms with van der Waals surface area (Å²) >= 11 is 0. The predicted octanol–water partition coefficient (Wildman–Crippen LogP) is 3.30. The van der Waals surface area contributed by atoms with Gasteiger partial charge in [0.25, 0.3) is 5.91 Å². The van der Waals surface area contributed by atoms with E-state index in [2.05, 4.69) is 16.0 Å². The zero-order chi connectivity index (χ0) is 23.0. The Hall–Kier alpha value is -3.84. The van der Waals surface area contributed by atoms with Gasteiger partial charge in [0.15, 0.2) is 0 Å². The molecule has 2 amide bonds. The van der Waals surface area contributed by atoms with Crippen molar-refractivity contribution in [1.82, 2.24) is 9.88 Å². The lowest BCUT2D eigenvalue weighted by molar-refractivity contribution is 0.0992. The van der Waals surface area contributed by atoms with Crippen LogP contribution in [0.3, 0.4) is 0 Å². The molecule has 1 heterocycles. The Labute approximate surface area is 185 Å². The van der Waals surface area contributed by atoms with E-state index in [0.29, 0.717) is 23.1 Å². The molecule has 164 valence electrons. The van der Waals surface area contributed by atoms with Crippen molar-refractivity contribution < 1.29 is 14.3 Å². The zero-order valence-electron chi connectivity index (χ0n) is 18.4. The van der Waals surface area contributed by atoms with Crippen molar-refractivity contribution in [3.05, 3.63) is 65.2 Å². The molecule has 0 unspecified atom stereocenters. The summed E-state index contributed by atoms with van der Waals surface area (Å²) in [5, 5.41) is 1.74. The number of H-pyrrole nitrogens is 1. The van der Waals surface area contributed by atoms with Gasteiger partial charge in [0.1, 0.15) is 5.75 Å². The van der Waals surface area contributed by atoms with Gasteiger partial charge in [-0.05, 0) is 67.5 Å². The molecule has 4 aromatic rings. The molecule has 1 aromatic heterocycles. The van der Waals surface area contributed by atoms with Gasteiger partial charge < -0.3 is 26.1 Å². The van der Waals surface area contributed by atoms with Crippen molar-refractivity contribution in [1.29, 1.82) is 0 Å². The number of methoxy groups -OCH3 is 1. The SMILES string of the molecule is COc1cccc(-c2cc3c([nH]c4cc(C(N)=O)ccc43)c(C(N)=O)c2CCN(C)C)c1. The summed E-state index contributed by atoms with van der Waals surface area (Å²) in [5.41, 5.74) is 16.3. The minimum Gasteiger partial charge on any atom is -0.497 e. The molecule has 4 rings (SSSR count). The monoisotopic (exact) mass is 430 g/mol. The van der Waals surface area contributed by atoms with Crippen LogP contribution >= 0.6 is 0 Å². The van der Waals surface area contributed by atoms with Crippen LogP contribution < -0.4 is 16.2 Å². The number of ether oxygens (including phenoxy) is 1. The summed E-state index contributed by atoms with van der Waals surface area (Å²) in [6.07, 6.45) is 0.635. The highest BCUT2D eigenvalue weighted by Gasteiger charge is 2.22. The Bertz CT molecular complexity index is 1350. The second-order valence-corrected chi connectivity index (χ2v) is 8.10. The highest BCUT2D eigenvalue weighted by Crippen LogP contribution is 2.37. The van der Waals surface area contributed by atoms with Crippen molar-refractivity contribution in [3.8, 4) is 16.9 Å². The molecule has 0 aliphatic carbocycles. The Kier molecular flexibility index (Phi) is 5.59. The molecule has 7 nitrogen and oxygen atoms in total. The predicted molar refractivity (Wildman–Crippen MR) is 127 cm³/mol. The summed E-state index contributed by atoms with van der Waals surface area (Å²) in [6.45, 7) is 0.745. The maximum atomic E-state index is 12.7. The maximum absolute atomic E-state index is 12.7. The molecular weight excluding hydrogens is 404 g/mol. The molecule has 0 atom stereocenters. The molecule has 0 aliphatic rings. The van der Waals surface area contributed by atoms with E-state index < -0.39 is 11.8 Å². The number of likely N-dealkylation sites (N-methyl/N-ethyl adjacent to an activating group) is 1. The van der Waals surface area contributed by atoms with Gasteiger partial charge in [-0.25, -0.2) is 0 Å². The number of carbonyl (C=O) groups excluding carboxylic acids is 2. The summed E-state index contributed by atoms with van der Waals surface area (Å²) < 4.78 is 5.42. The highest BCUT2D eigenvalue weighted by molar-refractivity contribution is 6.18. The molecular formula is C25H26N4O3. The fourth-order valence-corrected chi connectivity index (χ4v) is 4.15. The normalized spacial score (nSPS) is 11.4. The number of rotatable bonds is 7. The number of fused-ring (bicyclic) bond motifs is 3. The maximum Gasteiger partial charge on any atom is 0.251 e. The molecule has 0 fully saturated rings. The van der Waals surface area contributed by atoms with Crippen LogP contribution in [0.5, 0.6) is 5.75 Å². The number of benzene rings is 3. The van der Waals surface area contributed by atoms with Gasteiger partial charge in [-0.1, -0.05) is 18.2 Å². The Morgan fingerprint density at radius 2 is 1.78 bits per heavy atom.